The molecule has 5 rings (SSSR count). The number of sulfonamides is 1. The smallest absolute Gasteiger partial charge is 0.223 e. The van der Waals surface area contributed by atoms with Crippen LogP contribution in [0.4, 0.5) is 10.3 Å². The highest BCUT2D eigenvalue weighted by atomic mass is 32.2. The fourth-order valence-electron chi connectivity index (χ4n) is 3.85. The Morgan fingerprint density at radius 3 is 2.53 bits per heavy atom. The molecule has 12 heteroatoms. The third-order valence-electron chi connectivity index (χ3n) is 6.15. The first-order valence-corrected chi connectivity index (χ1v) is 13.7. The highest BCUT2D eigenvalue weighted by Crippen LogP contribution is 2.35. The SMILES string of the molecule is CC1(CNS(C)(=O)=O)COC(c2nc(-c3ccc(F)cc3)c(-c3ccnc(NCC4CC4)n3)[nH]2)OC1. The lowest BCUT2D eigenvalue weighted by Crippen LogP contribution is -2.45. The number of anilines is 1. The molecule has 3 aromatic rings. The van der Waals surface area contributed by atoms with Gasteiger partial charge in [-0.1, -0.05) is 6.92 Å². The average molecular weight is 517 g/mol. The number of H-pyrrole nitrogens is 1. The maximum Gasteiger partial charge on any atom is 0.223 e. The molecule has 36 heavy (non-hydrogen) atoms. The van der Waals surface area contributed by atoms with Crippen LogP contribution in [0.15, 0.2) is 36.5 Å². The monoisotopic (exact) mass is 516 g/mol. The number of aromatic nitrogens is 4. The molecule has 192 valence electrons. The van der Waals surface area contributed by atoms with Gasteiger partial charge in [-0.15, -0.1) is 0 Å². The third-order valence-corrected chi connectivity index (χ3v) is 6.82. The summed E-state index contributed by atoms with van der Waals surface area (Å²) in [5, 5.41) is 3.28. The molecule has 0 spiro atoms. The maximum atomic E-state index is 13.6. The Bertz CT molecular complexity index is 1320. The summed E-state index contributed by atoms with van der Waals surface area (Å²) in [5.41, 5.74) is 2.02. The second kappa shape index (κ2) is 9.85. The number of nitrogens with zero attached hydrogens (tertiary/aromatic N) is 3. The van der Waals surface area contributed by atoms with Crippen molar-refractivity contribution in [2.75, 3.05) is 37.9 Å². The molecule has 3 heterocycles. The van der Waals surface area contributed by atoms with Crippen LogP contribution in [0.25, 0.3) is 22.6 Å². The fourth-order valence-corrected chi connectivity index (χ4v) is 4.47. The molecule has 10 nitrogen and oxygen atoms in total. The van der Waals surface area contributed by atoms with Crippen molar-refractivity contribution >= 4 is 16.0 Å². The average Bonchev–Trinajstić information content (AvgIpc) is 3.59. The molecule has 0 radical (unpaired) electrons. The van der Waals surface area contributed by atoms with E-state index in [1.54, 1.807) is 24.4 Å². The normalized spacial score (nSPS) is 22.5. The Balaban J connectivity index is 1.40. The number of rotatable bonds is 9. The van der Waals surface area contributed by atoms with Crippen molar-refractivity contribution in [3.8, 4) is 22.6 Å². The first-order valence-electron chi connectivity index (χ1n) is 11.8. The van der Waals surface area contributed by atoms with E-state index < -0.39 is 21.7 Å². The number of imidazole rings is 1. The summed E-state index contributed by atoms with van der Waals surface area (Å²) in [6.45, 7) is 3.45. The number of hydrogen-bond donors (Lipinski definition) is 3. The molecule has 1 aliphatic carbocycles. The zero-order valence-electron chi connectivity index (χ0n) is 20.1. The number of hydrogen-bond acceptors (Lipinski definition) is 8. The van der Waals surface area contributed by atoms with Gasteiger partial charge in [-0.05, 0) is 49.1 Å². The molecule has 2 aromatic heterocycles. The summed E-state index contributed by atoms with van der Waals surface area (Å²) in [4.78, 5) is 17.0. The number of aromatic amines is 1. The van der Waals surface area contributed by atoms with Gasteiger partial charge >= 0.3 is 0 Å². The molecule has 1 saturated heterocycles. The number of benzene rings is 1. The summed E-state index contributed by atoms with van der Waals surface area (Å²) >= 11 is 0. The van der Waals surface area contributed by atoms with Gasteiger partial charge in [0.05, 0.1) is 36.6 Å². The van der Waals surface area contributed by atoms with Gasteiger partial charge in [0.1, 0.15) is 5.82 Å². The molecule has 0 unspecified atom stereocenters. The molecule has 1 saturated carbocycles. The minimum Gasteiger partial charge on any atom is -0.354 e. The lowest BCUT2D eigenvalue weighted by atomic mass is 9.92. The highest BCUT2D eigenvalue weighted by molar-refractivity contribution is 7.88. The minimum atomic E-state index is -3.33. The van der Waals surface area contributed by atoms with E-state index in [0.717, 1.165) is 12.8 Å². The lowest BCUT2D eigenvalue weighted by molar-refractivity contribution is -0.231. The molecular weight excluding hydrogens is 487 g/mol. The van der Waals surface area contributed by atoms with E-state index in [2.05, 4.69) is 25.0 Å². The zero-order chi connectivity index (χ0) is 25.3. The third kappa shape index (κ3) is 6.06. The largest absolute Gasteiger partial charge is 0.354 e. The van der Waals surface area contributed by atoms with Gasteiger partial charge in [-0.2, -0.15) is 0 Å². The van der Waals surface area contributed by atoms with Gasteiger partial charge in [0.15, 0.2) is 5.82 Å². The van der Waals surface area contributed by atoms with Crippen LogP contribution < -0.4 is 10.0 Å². The van der Waals surface area contributed by atoms with Crippen molar-refractivity contribution in [2.24, 2.45) is 11.3 Å². The number of halogens is 1. The minimum absolute atomic E-state index is 0.195. The second-order valence-electron chi connectivity index (χ2n) is 9.80. The second-order valence-corrected chi connectivity index (χ2v) is 11.6. The first-order chi connectivity index (χ1) is 17.2. The van der Waals surface area contributed by atoms with Crippen molar-refractivity contribution < 1.29 is 22.3 Å². The van der Waals surface area contributed by atoms with Gasteiger partial charge in [0.25, 0.3) is 0 Å². The standard InChI is InChI=1S/C24H29FN6O4S/c1-24(12-28-36(2,32)33)13-34-22(35-14-24)21-30-19(16-5-7-17(25)8-6-16)20(31-21)18-9-10-26-23(29-18)27-11-15-3-4-15/h5-10,15,22,28H,3-4,11-14H2,1-2H3,(H,30,31)(H,26,27,29). The van der Waals surface area contributed by atoms with E-state index in [1.807, 2.05) is 6.92 Å². The van der Waals surface area contributed by atoms with E-state index in [4.69, 9.17) is 14.5 Å². The van der Waals surface area contributed by atoms with Crippen LogP contribution in [0.2, 0.25) is 0 Å². The van der Waals surface area contributed by atoms with E-state index >= 15 is 0 Å². The van der Waals surface area contributed by atoms with Crippen molar-refractivity contribution in [1.29, 1.82) is 0 Å². The van der Waals surface area contributed by atoms with Crippen LogP contribution in [0.1, 0.15) is 31.9 Å². The van der Waals surface area contributed by atoms with Crippen LogP contribution in [-0.2, 0) is 19.5 Å². The molecular formula is C24H29FN6O4S. The van der Waals surface area contributed by atoms with E-state index in [9.17, 15) is 12.8 Å². The van der Waals surface area contributed by atoms with Crippen LogP contribution in [0.5, 0.6) is 0 Å². The topological polar surface area (TPSA) is 131 Å². The van der Waals surface area contributed by atoms with E-state index in [-0.39, 0.29) is 25.6 Å². The Morgan fingerprint density at radius 1 is 1.14 bits per heavy atom. The predicted molar refractivity (Wildman–Crippen MR) is 132 cm³/mol. The first kappa shape index (κ1) is 24.8. The van der Waals surface area contributed by atoms with Crippen molar-refractivity contribution in [1.82, 2.24) is 24.7 Å². The Morgan fingerprint density at radius 2 is 1.86 bits per heavy atom. The zero-order valence-corrected chi connectivity index (χ0v) is 20.9. The fraction of sp³-hybridized carbons (Fsp3) is 0.458. The molecule has 1 aliphatic heterocycles. The Labute approximate surface area is 209 Å². The summed E-state index contributed by atoms with van der Waals surface area (Å²) in [5.74, 6) is 1.30. The van der Waals surface area contributed by atoms with Crippen molar-refractivity contribution in [2.45, 2.75) is 26.1 Å². The van der Waals surface area contributed by atoms with Gasteiger partial charge in [-0.25, -0.2) is 32.5 Å². The van der Waals surface area contributed by atoms with Gasteiger partial charge in [-0.3, -0.25) is 0 Å². The molecule has 1 aromatic carbocycles. The number of ether oxygens (including phenoxy) is 2. The molecule has 2 aliphatic rings. The highest BCUT2D eigenvalue weighted by Gasteiger charge is 2.36. The summed E-state index contributed by atoms with van der Waals surface area (Å²) in [7, 11) is -3.33. The summed E-state index contributed by atoms with van der Waals surface area (Å²) in [6.07, 6.45) is 4.45. The molecule has 3 N–H and O–H groups in total. The van der Waals surface area contributed by atoms with Crippen LogP contribution in [0.3, 0.4) is 0 Å². The van der Waals surface area contributed by atoms with Gasteiger partial charge < -0.3 is 19.8 Å². The van der Waals surface area contributed by atoms with Crippen LogP contribution in [-0.4, -0.2) is 60.9 Å². The maximum absolute atomic E-state index is 13.6. The summed E-state index contributed by atoms with van der Waals surface area (Å²) in [6, 6.07) is 7.85. The molecule has 0 amide bonds. The number of nitrogens with one attached hydrogen (secondary N) is 3. The van der Waals surface area contributed by atoms with Crippen molar-refractivity contribution in [3.63, 3.8) is 0 Å². The van der Waals surface area contributed by atoms with E-state index in [1.165, 1.54) is 25.0 Å². The van der Waals surface area contributed by atoms with Crippen LogP contribution >= 0.6 is 0 Å². The van der Waals surface area contributed by atoms with Gasteiger partial charge in [0.2, 0.25) is 22.3 Å². The quantitative estimate of drug-likeness (QED) is 0.395. The lowest BCUT2D eigenvalue weighted by Gasteiger charge is -2.36. The Kier molecular flexibility index (Phi) is 6.77. The molecule has 2 fully saturated rings. The Hall–Kier alpha value is -2.93. The molecule has 0 bridgehead atoms. The van der Waals surface area contributed by atoms with Gasteiger partial charge in [0, 0.05) is 30.3 Å². The summed E-state index contributed by atoms with van der Waals surface area (Å²) < 4.78 is 51.0. The van der Waals surface area contributed by atoms with E-state index in [0.29, 0.717) is 40.3 Å². The van der Waals surface area contributed by atoms with Crippen LogP contribution in [0, 0.1) is 17.2 Å². The molecule has 0 atom stereocenters. The predicted octanol–water partition coefficient (Wildman–Crippen LogP) is 3.10. The van der Waals surface area contributed by atoms with Crippen molar-refractivity contribution in [3.05, 3.63) is 48.2 Å².